The Morgan fingerprint density at radius 2 is 2.12 bits per heavy atom. The van der Waals surface area contributed by atoms with Gasteiger partial charge in [-0.25, -0.2) is 4.98 Å². The molecule has 0 amide bonds. The van der Waals surface area contributed by atoms with Crippen LogP contribution in [0.15, 0.2) is 29.6 Å². The lowest BCUT2D eigenvalue weighted by molar-refractivity contribution is 0.112. The second-order valence-electron chi connectivity index (χ2n) is 3.72. The van der Waals surface area contributed by atoms with E-state index in [1.54, 1.807) is 11.3 Å². The van der Waals surface area contributed by atoms with Crippen LogP contribution in [-0.4, -0.2) is 11.3 Å². The van der Waals surface area contributed by atoms with Crippen molar-refractivity contribution < 1.29 is 4.79 Å². The Bertz CT molecular complexity index is 696. The maximum atomic E-state index is 10.8. The molecular weight excluding hydrogens is 250 g/mol. The second kappa shape index (κ2) is 4.05. The van der Waals surface area contributed by atoms with Crippen molar-refractivity contribution in [1.29, 1.82) is 0 Å². The van der Waals surface area contributed by atoms with Gasteiger partial charge in [0, 0.05) is 25.9 Å². The van der Waals surface area contributed by atoms with E-state index >= 15 is 0 Å². The molecule has 3 aromatic rings. The Labute approximate surface area is 107 Å². The first-order valence-electron chi connectivity index (χ1n) is 5.19. The zero-order valence-corrected chi connectivity index (χ0v) is 10.8. The van der Waals surface area contributed by atoms with Crippen molar-refractivity contribution in [2.45, 2.75) is 6.92 Å². The predicted molar refractivity (Wildman–Crippen MR) is 73.1 cm³/mol. The highest BCUT2D eigenvalue weighted by Crippen LogP contribution is 2.36. The SMILES string of the molecule is Cc1sc(C=O)nc1-c1csc2ccccc12. The molecule has 0 fully saturated rings. The smallest absolute Gasteiger partial charge is 0.178 e. The molecule has 1 aromatic carbocycles. The third-order valence-electron chi connectivity index (χ3n) is 2.65. The van der Waals surface area contributed by atoms with Crippen LogP contribution in [0.1, 0.15) is 14.7 Å². The first kappa shape index (κ1) is 10.6. The number of aromatic nitrogens is 1. The summed E-state index contributed by atoms with van der Waals surface area (Å²) in [5, 5.41) is 3.87. The Balaban J connectivity index is 2.26. The minimum atomic E-state index is 0.549. The first-order valence-corrected chi connectivity index (χ1v) is 6.88. The summed E-state index contributed by atoms with van der Waals surface area (Å²) in [4.78, 5) is 16.2. The van der Waals surface area contributed by atoms with Crippen LogP contribution < -0.4 is 0 Å². The van der Waals surface area contributed by atoms with Crippen LogP contribution in [-0.2, 0) is 0 Å². The monoisotopic (exact) mass is 259 g/mol. The number of fused-ring (bicyclic) bond motifs is 1. The number of carbonyl (C=O) groups is 1. The summed E-state index contributed by atoms with van der Waals surface area (Å²) in [6, 6.07) is 8.26. The average molecular weight is 259 g/mol. The quantitative estimate of drug-likeness (QED) is 0.647. The number of aryl methyl sites for hydroxylation is 1. The van der Waals surface area contributed by atoms with Crippen molar-refractivity contribution in [1.82, 2.24) is 4.98 Å². The summed E-state index contributed by atoms with van der Waals surface area (Å²) in [6.07, 6.45) is 0.815. The lowest BCUT2D eigenvalue weighted by atomic mass is 10.1. The molecule has 0 unspecified atom stereocenters. The van der Waals surface area contributed by atoms with E-state index in [2.05, 4.69) is 22.5 Å². The Hall–Kier alpha value is -1.52. The van der Waals surface area contributed by atoms with Gasteiger partial charge in [-0.05, 0) is 13.0 Å². The lowest BCUT2D eigenvalue weighted by Gasteiger charge is -1.96. The van der Waals surface area contributed by atoms with E-state index in [1.807, 2.05) is 19.1 Å². The Morgan fingerprint density at radius 1 is 1.29 bits per heavy atom. The standard InChI is InChI=1S/C13H9NOS2/c1-8-13(14-12(6-15)17-8)10-7-16-11-5-3-2-4-9(10)11/h2-7H,1H3. The summed E-state index contributed by atoms with van der Waals surface area (Å²) in [7, 11) is 0. The van der Waals surface area contributed by atoms with Crippen LogP contribution in [0.25, 0.3) is 21.3 Å². The van der Waals surface area contributed by atoms with Crippen molar-refractivity contribution in [2.75, 3.05) is 0 Å². The normalized spacial score (nSPS) is 10.9. The minimum Gasteiger partial charge on any atom is -0.295 e. The van der Waals surface area contributed by atoms with Crippen molar-refractivity contribution in [2.24, 2.45) is 0 Å². The molecule has 4 heteroatoms. The molecular formula is C13H9NOS2. The fourth-order valence-corrected chi connectivity index (χ4v) is 3.57. The molecule has 0 radical (unpaired) electrons. The Kier molecular flexibility index (Phi) is 2.53. The summed E-state index contributed by atoms with van der Waals surface area (Å²) in [5.74, 6) is 0. The maximum Gasteiger partial charge on any atom is 0.178 e. The molecule has 2 heterocycles. The van der Waals surface area contributed by atoms with Gasteiger partial charge in [-0.3, -0.25) is 4.79 Å². The van der Waals surface area contributed by atoms with E-state index in [4.69, 9.17) is 0 Å². The van der Waals surface area contributed by atoms with E-state index in [0.717, 1.165) is 22.4 Å². The van der Waals surface area contributed by atoms with Crippen LogP contribution in [0.2, 0.25) is 0 Å². The summed E-state index contributed by atoms with van der Waals surface area (Å²) < 4.78 is 1.25. The molecule has 0 atom stereocenters. The van der Waals surface area contributed by atoms with Gasteiger partial charge in [-0.2, -0.15) is 0 Å². The highest BCUT2D eigenvalue weighted by Gasteiger charge is 2.13. The maximum absolute atomic E-state index is 10.8. The van der Waals surface area contributed by atoms with Crippen LogP contribution in [0.3, 0.4) is 0 Å². The number of thiophene rings is 1. The van der Waals surface area contributed by atoms with Crippen LogP contribution >= 0.6 is 22.7 Å². The molecule has 84 valence electrons. The van der Waals surface area contributed by atoms with Crippen LogP contribution in [0.4, 0.5) is 0 Å². The van der Waals surface area contributed by atoms with Crippen molar-refractivity contribution in [3.05, 3.63) is 39.5 Å². The van der Waals surface area contributed by atoms with E-state index in [1.165, 1.54) is 21.4 Å². The molecule has 3 rings (SSSR count). The van der Waals surface area contributed by atoms with Gasteiger partial charge in [0.2, 0.25) is 0 Å². The molecule has 17 heavy (non-hydrogen) atoms. The van der Waals surface area contributed by atoms with Gasteiger partial charge >= 0.3 is 0 Å². The number of aldehydes is 1. The lowest BCUT2D eigenvalue weighted by Crippen LogP contribution is -1.80. The largest absolute Gasteiger partial charge is 0.295 e. The summed E-state index contributed by atoms with van der Waals surface area (Å²) >= 11 is 3.16. The number of nitrogens with zero attached hydrogens (tertiary/aromatic N) is 1. The molecule has 0 aliphatic heterocycles. The highest BCUT2D eigenvalue weighted by molar-refractivity contribution is 7.18. The third kappa shape index (κ3) is 1.69. The van der Waals surface area contributed by atoms with Crippen LogP contribution in [0.5, 0.6) is 0 Å². The zero-order chi connectivity index (χ0) is 11.8. The summed E-state index contributed by atoms with van der Waals surface area (Å²) in [6.45, 7) is 2.01. The van der Waals surface area contributed by atoms with Gasteiger partial charge in [0.1, 0.15) is 0 Å². The molecule has 0 aliphatic carbocycles. The molecule has 0 N–H and O–H groups in total. The number of carbonyl (C=O) groups excluding carboxylic acids is 1. The zero-order valence-electron chi connectivity index (χ0n) is 9.14. The van der Waals surface area contributed by atoms with Crippen LogP contribution in [0, 0.1) is 6.92 Å². The second-order valence-corrected chi connectivity index (χ2v) is 5.87. The van der Waals surface area contributed by atoms with E-state index in [0.29, 0.717) is 5.01 Å². The fraction of sp³-hybridized carbons (Fsp3) is 0.0769. The number of thiazole rings is 1. The molecule has 0 aliphatic rings. The van der Waals surface area contributed by atoms with E-state index < -0.39 is 0 Å². The van der Waals surface area contributed by atoms with Gasteiger partial charge in [-0.1, -0.05) is 18.2 Å². The molecule has 0 saturated carbocycles. The van der Waals surface area contributed by atoms with Gasteiger partial charge in [0.25, 0.3) is 0 Å². The minimum absolute atomic E-state index is 0.549. The number of hydrogen-bond acceptors (Lipinski definition) is 4. The van der Waals surface area contributed by atoms with Crippen molar-refractivity contribution >= 4 is 39.0 Å². The first-order chi connectivity index (χ1) is 8.29. The van der Waals surface area contributed by atoms with Gasteiger partial charge in [-0.15, -0.1) is 22.7 Å². The highest BCUT2D eigenvalue weighted by atomic mass is 32.1. The topological polar surface area (TPSA) is 30.0 Å². The molecule has 2 aromatic heterocycles. The molecule has 2 nitrogen and oxygen atoms in total. The van der Waals surface area contributed by atoms with Gasteiger partial charge in [0.15, 0.2) is 11.3 Å². The van der Waals surface area contributed by atoms with Crippen molar-refractivity contribution in [3.8, 4) is 11.3 Å². The van der Waals surface area contributed by atoms with E-state index in [-0.39, 0.29) is 0 Å². The number of benzene rings is 1. The predicted octanol–water partition coefficient (Wildman–Crippen LogP) is 4.15. The number of hydrogen-bond donors (Lipinski definition) is 0. The Morgan fingerprint density at radius 3 is 2.88 bits per heavy atom. The van der Waals surface area contributed by atoms with Crippen molar-refractivity contribution in [3.63, 3.8) is 0 Å². The molecule has 0 saturated heterocycles. The summed E-state index contributed by atoms with van der Waals surface area (Å²) in [5.41, 5.74) is 2.07. The fourth-order valence-electron chi connectivity index (χ4n) is 1.88. The van der Waals surface area contributed by atoms with Gasteiger partial charge in [0.05, 0.1) is 5.69 Å². The third-order valence-corrected chi connectivity index (χ3v) is 4.51. The van der Waals surface area contributed by atoms with E-state index in [9.17, 15) is 4.79 Å². The average Bonchev–Trinajstić information content (AvgIpc) is 2.92. The molecule has 0 spiro atoms. The van der Waals surface area contributed by atoms with Gasteiger partial charge < -0.3 is 0 Å². The number of rotatable bonds is 2. The molecule has 0 bridgehead atoms.